The highest BCUT2D eigenvalue weighted by Crippen LogP contribution is 2.20. The summed E-state index contributed by atoms with van der Waals surface area (Å²) in [5.41, 5.74) is 2.75. The second-order valence-electron chi connectivity index (χ2n) is 5.86. The molecule has 0 amide bonds. The molecule has 1 aromatic heterocycles. The van der Waals surface area contributed by atoms with Gasteiger partial charge in [-0.2, -0.15) is 0 Å². The zero-order valence-electron chi connectivity index (χ0n) is 14.8. The predicted octanol–water partition coefficient (Wildman–Crippen LogP) is 3.65. The summed E-state index contributed by atoms with van der Waals surface area (Å²) in [7, 11) is 1.66. The second-order valence-corrected chi connectivity index (χ2v) is 5.86. The lowest BCUT2D eigenvalue weighted by Gasteiger charge is -2.11. The maximum Gasteiger partial charge on any atom is 0.214 e. The molecule has 0 aliphatic heterocycles. The highest BCUT2D eigenvalue weighted by Gasteiger charge is 2.08. The van der Waals surface area contributed by atoms with Gasteiger partial charge in [-0.05, 0) is 13.0 Å². The molecule has 5 nitrogen and oxygen atoms in total. The van der Waals surface area contributed by atoms with Gasteiger partial charge < -0.3 is 15.1 Å². The van der Waals surface area contributed by atoms with Crippen molar-refractivity contribution in [3.63, 3.8) is 0 Å². The van der Waals surface area contributed by atoms with Crippen LogP contribution in [0, 0.1) is 12.7 Å². The molecule has 0 aliphatic carbocycles. The third-order valence-electron chi connectivity index (χ3n) is 3.92. The van der Waals surface area contributed by atoms with Crippen LogP contribution in [0.2, 0.25) is 0 Å². The molecule has 0 radical (unpaired) electrons. The van der Waals surface area contributed by atoms with E-state index in [0.29, 0.717) is 30.5 Å². The van der Waals surface area contributed by atoms with E-state index in [4.69, 9.17) is 4.42 Å². The molecule has 1 heterocycles. The third-order valence-corrected chi connectivity index (χ3v) is 3.92. The molecule has 26 heavy (non-hydrogen) atoms. The van der Waals surface area contributed by atoms with E-state index in [9.17, 15) is 4.39 Å². The summed E-state index contributed by atoms with van der Waals surface area (Å²) in [5.74, 6) is 1.57. The van der Waals surface area contributed by atoms with Crippen molar-refractivity contribution in [2.75, 3.05) is 7.05 Å². The molecular weight excluding hydrogens is 331 g/mol. The third kappa shape index (κ3) is 4.47. The van der Waals surface area contributed by atoms with Crippen LogP contribution in [-0.4, -0.2) is 18.0 Å². The Hall–Kier alpha value is -3.15. The fraction of sp³-hybridized carbons (Fsp3) is 0.200. The van der Waals surface area contributed by atoms with Gasteiger partial charge in [-0.1, -0.05) is 48.0 Å². The average molecular weight is 352 g/mol. The first kappa shape index (κ1) is 17.7. The summed E-state index contributed by atoms with van der Waals surface area (Å²) in [5, 5.41) is 6.18. The van der Waals surface area contributed by atoms with Gasteiger partial charge in [-0.25, -0.2) is 9.37 Å². The lowest BCUT2D eigenvalue weighted by molar-refractivity contribution is 0.497. The van der Waals surface area contributed by atoms with E-state index in [0.717, 1.165) is 11.3 Å². The topological polar surface area (TPSA) is 62.5 Å². The summed E-state index contributed by atoms with van der Waals surface area (Å²) < 4.78 is 19.4. The molecule has 134 valence electrons. The molecule has 2 N–H and O–H groups in total. The lowest BCUT2D eigenvalue weighted by atomic mass is 10.1. The Morgan fingerprint density at radius 1 is 1.08 bits per heavy atom. The minimum Gasteiger partial charge on any atom is -0.439 e. The minimum atomic E-state index is -0.245. The molecule has 0 atom stereocenters. The molecule has 6 heteroatoms. The van der Waals surface area contributed by atoms with E-state index in [1.807, 2.05) is 31.2 Å². The van der Waals surface area contributed by atoms with E-state index in [2.05, 4.69) is 20.6 Å². The number of hydrogen-bond acceptors (Lipinski definition) is 3. The first-order valence-electron chi connectivity index (χ1n) is 8.35. The van der Waals surface area contributed by atoms with Gasteiger partial charge in [-0.15, -0.1) is 0 Å². The van der Waals surface area contributed by atoms with E-state index < -0.39 is 0 Å². The quantitative estimate of drug-likeness (QED) is 0.543. The number of nitrogens with one attached hydrogen (secondary N) is 2. The maximum absolute atomic E-state index is 13.7. The van der Waals surface area contributed by atoms with Gasteiger partial charge in [0.15, 0.2) is 11.7 Å². The number of nitrogens with zero attached hydrogens (tertiary/aromatic N) is 2. The Balaban J connectivity index is 1.56. The number of aromatic nitrogens is 1. The fourth-order valence-corrected chi connectivity index (χ4v) is 2.44. The summed E-state index contributed by atoms with van der Waals surface area (Å²) in [6.45, 7) is 2.76. The van der Waals surface area contributed by atoms with Gasteiger partial charge in [-0.3, -0.25) is 4.99 Å². The van der Waals surface area contributed by atoms with Crippen LogP contribution in [0.25, 0.3) is 11.3 Å². The number of benzene rings is 2. The molecule has 3 rings (SSSR count). The van der Waals surface area contributed by atoms with Crippen LogP contribution >= 0.6 is 0 Å². The standard InChI is InChI=1S/C20H21FN4O/c1-14-7-9-15(10-8-14)18-12-23-19(26-18)13-25-20(22-2)24-11-16-5-3-4-6-17(16)21/h3-10,12H,11,13H2,1-2H3,(H2,22,24,25). The Labute approximate surface area is 152 Å². The van der Waals surface area contributed by atoms with Crippen molar-refractivity contribution < 1.29 is 8.81 Å². The average Bonchev–Trinajstić information content (AvgIpc) is 3.13. The summed E-state index contributed by atoms with van der Waals surface area (Å²) in [6, 6.07) is 14.7. The van der Waals surface area contributed by atoms with Crippen LogP contribution in [0.1, 0.15) is 17.0 Å². The second kappa shape index (κ2) is 8.29. The molecule has 0 spiro atoms. The van der Waals surface area contributed by atoms with Crippen LogP contribution in [-0.2, 0) is 13.1 Å². The van der Waals surface area contributed by atoms with Gasteiger partial charge in [0, 0.05) is 24.7 Å². The summed E-state index contributed by atoms with van der Waals surface area (Å²) in [6.07, 6.45) is 1.71. The molecule has 0 aliphatic rings. The van der Waals surface area contributed by atoms with Crippen LogP contribution in [0.15, 0.2) is 64.1 Å². The smallest absolute Gasteiger partial charge is 0.214 e. The van der Waals surface area contributed by atoms with Crippen LogP contribution in [0.4, 0.5) is 4.39 Å². The number of hydrogen-bond donors (Lipinski definition) is 2. The summed E-state index contributed by atoms with van der Waals surface area (Å²) >= 11 is 0. The Morgan fingerprint density at radius 2 is 1.81 bits per heavy atom. The van der Waals surface area contributed by atoms with E-state index in [-0.39, 0.29) is 5.82 Å². The number of rotatable bonds is 5. The monoisotopic (exact) mass is 352 g/mol. The maximum atomic E-state index is 13.7. The van der Waals surface area contributed by atoms with Crippen LogP contribution < -0.4 is 10.6 Å². The SMILES string of the molecule is CN=C(NCc1ncc(-c2ccc(C)cc2)o1)NCc1ccccc1F. The van der Waals surface area contributed by atoms with Gasteiger partial charge in [0.1, 0.15) is 5.82 Å². The molecule has 0 fully saturated rings. The van der Waals surface area contributed by atoms with Gasteiger partial charge in [0.25, 0.3) is 0 Å². The van der Waals surface area contributed by atoms with Crippen molar-refractivity contribution in [1.82, 2.24) is 15.6 Å². The van der Waals surface area contributed by atoms with Gasteiger partial charge >= 0.3 is 0 Å². The highest BCUT2D eigenvalue weighted by molar-refractivity contribution is 5.79. The first-order valence-corrected chi connectivity index (χ1v) is 8.35. The highest BCUT2D eigenvalue weighted by atomic mass is 19.1. The molecule has 2 aromatic carbocycles. The molecule has 3 aromatic rings. The first-order chi connectivity index (χ1) is 12.7. The molecule has 0 bridgehead atoms. The van der Waals surface area contributed by atoms with Gasteiger partial charge in [0.05, 0.1) is 12.7 Å². The molecule has 0 saturated carbocycles. The molecule has 0 saturated heterocycles. The number of oxazole rings is 1. The van der Waals surface area contributed by atoms with Crippen LogP contribution in [0.5, 0.6) is 0 Å². The number of guanidine groups is 1. The van der Waals surface area contributed by atoms with Crippen molar-refractivity contribution in [2.24, 2.45) is 4.99 Å². The van der Waals surface area contributed by atoms with E-state index >= 15 is 0 Å². The minimum absolute atomic E-state index is 0.245. The normalized spacial score (nSPS) is 11.4. The fourth-order valence-electron chi connectivity index (χ4n) is 2.44. The lowest BCUT2D eigenvalue weighted by Crippen LogP contribution is -2.36. The van der Waals surface area contributed by atoms with Gasteiger partial charge in [0.2, 0.25) is 5.89 Å². The Kier molecular flexibility index (Phi) is 5.63. The van der Waals surface area contributed by atoms with Crippen molar-refractivity contribution in [2.45, 2.75) is 20.0 Å². The zero-order valence-corrected chi connectivity index (χ0v) is 14.8. The largest absolute Gasteiger partial charge is 0.439 e. The number of aliphatic imine (C=N–C) groups is 1. The zero-order chi connectivity index (χ0) is 18.4. The molecular formula is C20H21FN4O. The van der Waals surface area contributed by atoms with Crippen LogP contribution in [0.3, 0.4) is 0 Å². The van der Waals surface area contributed by atoms with Crippen molar-refractivity contribution in [3.05, 3.63) is 77.6 Å². The number of aryl methyl sites for hydroxylation is 1. The summed E-state index contributed by atoms with van der Waals surface area (Å²) in [4.78, 5) is 8.41. The van der Waals surface area contributed by atoms with Crippen molar-refractivity contribution >= 4 is 5.96 Å². The van der Waals surface area contributed by atoms with Crippen molar-refractivity contribution in [3.8, 4) is 11.3 Å². The van der Waals surface area contributed by atoms with E-state index in [1.54, 1.807) is 31.4 Å². The predicted molar refractivity (Wildman–Crippen MR) is 100 cm³/mol. The number of halogens is 1. The molecule has 0 unspecified atom stereocenters. The van der Waals surface area contributed by atoms with Crippen molar-refractivity contribution in [1.29, 1.82) is 0 Å². The van der Waals surface area contributed by atoms with E-state index in [1.165, 1.54) is 11.6 Å². The Bertz CT molecular complexity index is 887. The Morgan fingerprint density at radius 3 is 2.54 bits per heavy atom.